The van der Waals surface area contributed by atoms with Gasteiger partial charge in [-0.15, -0.1) is 0 Å². The quantitative estimate of drug-likeness (QED) is 0.388. The fourth-order valence-electron chi connectivity index (χ4n) is 1.41. The van der Waals surface area contributed by atoms with E-state index in [1.165, 1.54) is 0 Å². The minimum atomic E-state index is -4.75. The van der Waals surface area contributed by atoms with E-state index >= 15 is 0 Å². The normalized spacial score (nSPS) is 12.0. The Morgan fingerprint density at radius 1 is 1.00 bits per heavy atom. The molecule has 1 heterocycles. The van der Waals surface area contributed by atoms with Crippen LogP contribution in [0.2, 0.25) is 0 Å². The zero-order chi connectivity index (χ0) is 15.2. The fraction of sp³-hybridized carbons (Fsp3) is 0.100. The van der Waals surface area contributed by atoms with Gasteiger partial charge in [-0.3, -0.25) is 0 Å². The van der Waals surface area contributed by atoms with E-state index in [1.807, 2.05) is 4.98 Å². The van der Waals surface area contributed by atoms with Crippen LogP contribution in [0.4, 0.5) is 26.3 Å². The molecular formula is C10H2Br2F6N2. The van der Waals surface area contributed by atoms with Crippen LogP contribution >= 0.6 is 31.9 Å². The summed E-state index contributed by atoms with van der Waals surface area (Å²) in [5.74, 6) is -5.51. The second kappa shape index (κ2) is 5.06. The molecule has 0 fully saturated rings. The molecule has 0 bridgehead atoms. The lowest BCUT2D eigenvalue weighted by molar-refractivity contribution is -0.141. The Morgan fingerprint density at radius 3 is 2.10 bits per heavy atom. The van der Waals surface area contributed by atoms with Gasteiger partial charge in [0.2, 0.25) is 0 Å². The predicted octanol–water partition coefficient (Wildman–Crippen LogP) is 5.04. The van der Waals surface area contributed by atoms with Crippen molar-refractivity contribution in [3.63, 3.8) is 0 Å². The maximum Gasteiger partial charge on any atom is 0.433 e. The molecule has 0 saturated carbocycles. The molecule has 20 heavy (non-hydrogen) atoms. The Labute approximate surface area is 124 Å². The van der Waals surface area contributed by atoms with Gasteiger partial charge in [-0.05, 0) is 37.9 Å². The molecule has 2 nitrogen and oxygen atoms in total. The maximum atomic E-state index is 13.6. The Bertz CT molecular complexity index is 679. The number of imidazole rings is 1. The van der Waals surface area contributed by atoms with Crippen LogP contribution in [0.1, 0.15) is 5.69 Å². The molecule has 2 rings (SSSR count). The highest BCUT2D eigenvalue weighted by atomic mass is 79.9. The molecule has 0 atom stereocenters. The summed E-state index contributed by atoms with van der Waals surface area (Å²) in [7, 11) is 0. The van der Waals surface area contributed by atoms with E-state index < -0.39 is 49.8 Å². The summed E-state index contributed by atoms with van der Waals surface area (Å²) in [6.07, 6.45) is -4.75. The number of aromatic amines is 1. The van der Waals surface area contributed by atoms with E-state index in [2.05, 4.69) is 36.8 Å². The fourth-order valence-corrected chi connectivity index (χ4v) is 2.32. The number of benzene rings is 1. The van der Waals surface area contributed by atoms with Gasteiger partial charge in [-0.1, -0.05) is 0 Å². The maximum absolute atomic E-state index is 13.6. The zero-order valence-electron chi connectivity index (χ0n) is 9.05. The van der Waals surface area contributed by atoms with E-state index in [0.29, 0.717) is 0 Å². The molecular weight excluding hydrogens is 422 g/mol. The summed E-state index contributed by atoms with van der Waals surface area (Å²) in [6, 6.07) is 0.791. The molecule has 0 unspecified atom stereocenters. The Hall–Kier alpha value is -1.03. The molecule has 0 spiro atoms. The molecule has 10 heteroatoms. The summed E-state index contributed by atoms with van der Waals surface area (Å²) in [5, 5.41) is 0. The molecule has 2 aromatic rings. The topological polar surface area (TPSA) is 28.7 Å². The highest BCUT2D eigenvalue weighted by Crippen LogP contribution is 2.36. The number of hydrogen-bond donors (Lipinski definition) is 1. The van der Waals surface area contributed by atoms with Crippen molar-refractivity contribution < 1.29 is 26.3 Å². The number of hydrogen-bond acceptors (Lipinski definition) is 1. The van der Waals surface area contributed by atoms with Crippen LogP contribution in [-0.4, -0.2) is 9.97 Å². The predicted molar refractivity (Wildman–Crippen MR) is 64.3 cm³/mol. The van der Waals surface area contributed by atoms with Gasteiger partial charge in [-0.2, -0.15) is 13.2 Å². The smallest absolute Gasteiger partial charge is 0.333 e. The Morgan fingerprint density at radius 2 is 1.60 bits per heavy atom. The molecule has 0 amide bonds. The number of nitrogens with one attached hydrogen (secondary N) is 1. The van der Waals surface area contributed by atoms with Crippen LogP contribution in [0, 0.1) is 17.5 Å². The van der Waals surface area contributed by atoms with Gasteiger partial charge >= 0.3 is 6.18 Å². The van der Waals surface area contributed by atoms with Crippen molar-refractivity contribution in [1.29, 1.82) is 0 Å². The van der Waals surface area contributed by atoms with Crippen molar-refractivity contribution in [1.82, 2.24) is 9.97 Å². The molecule has 0 saturated heterocycles. The van der Waals surface area contributed by atoms with Crippen molar-refractivity contribution in [2.45, 2.75) is 6.18 Å². The van der Waals surface area contributed by atoms with Crippen LogP contribution in [0.25, 0.3) is 11.4 Å². The number of rotatable bonds is 1. The Kier molecular flexibility index (Phi) is 3.89. The van der Waals surface area contributed by atoms with Crippen LogP contribution in [0.15, 0.2) is 15.1 Å². The van der Waals surface area contributed by atoms with E-state index in [1.54, 1.807) is 0 Å². The second-order valence-electron chi connectivity index (χ2n) is 3.60. The van der Waals surface area contributed by atoms with Crippen molar-refractivity contribution >= 4 is 31.9 Å². The monoisotopic (exact) mass is 422 g/mol. The van der Waals surface area contributed by atoms with Crippen molar-refractivity contribution in [2.24, 2.45) is 0 Å². The standard InChI is InChI=1S/C10H2Br2F6N2/c11-3-1-2(4(13)6(15)5(3)14)9-19-7(8(12)20-9)10(16,17)18/h1H,(H,19,20). The summed E-state index contributed by atoms with van der Waals surface area (Å²) < 4.78 is 76.5. The summed E-state index contributed by atoms with van der Waals surface area (Å²) in [6.45, 7) is 0. The van der Waals surface area contributed by atoms with Crippen LogP contribution in [0.3, 0.4) is 0 Å². The SMILES string of the molecule is Fc1c(Br)cc(-c2nc(Br)c(C(F)(F)F)[nH]2)c(F)c1F. The number of H-pyrrole nitrogens is 1. The van der Waals surface area contributed by atoms with Gasteiger partial charge in [0, 0.05) is 0 Å². The third kappa shape index (κ3) is 2.58. The summed E-state index contributed by atoms with van der Waals surface area (Å²) in [4.78, 5) is 5.23. The first-order chi connectivity index (χ1) is 9.12. The molecule has 0 aliphatic carbocycles. The van der Waals surface area contributed by atoms with Crippen LogP contribution in [0.5, 0.6) is 0 Å². The minimum absolute atomic E-state index is 0.438. The van der Waals surface area contributed by atoms with Gasteiger partial charge in [0.05, 0.1) is 10.0 Å². The number of nitrogens with zero attached hydrogens (tertiary/aromatic N) is 1. The summed E-state index contributed by atoms with van der Waals surface area (Å²) in [5.41, 5.74) is -1.89. The number of halogens is 8. The van der Waals surface area contributed by atoms with E-state index in [0.717, 1.165) is 6.07 Å². The first kappa shape index (κ1) is 15.4. The van der Waals surface area contributed by atoms with Gasteiger partial charge in [0.1, 0.15) is 10.4 Å². The van der Waals surface area contributed by atoms with Crippen LogP contribution in [-0.2, 0) is 6.18 Å². The molecule has 1 N–H and O–H groups in total. The van der Waals surface area contributed by atoms with Gasteiger partial charge in [0.15, 0.2) is 23.1 Å². The van der Waals surface area contributed by atoms with Crippen molar-refractivity contribution in [3.8, 4) is 11.4 Å². The van der Waals surface area contributed by atoms with Crippen molar-refractivity contribution in [2.75, 3.05) is 0 Å². The zero-order valence-corrected chi connectivity index (χ0v) is 12.2. The summed E-state index contributed by atoms with van der Waals surface area (Å²) >= 11 is 5.20. The van der Waals surface area contributed by atoms with E-state index in [9.17, 15) is 26.3 Å². The lowest BCUT2D eigenvalue weighted by Gasteiger charge is -2.05. The molecule has 0 aliphatic rings. The molecule has 0 aliphatic heterocycles. The second-order valence-corrected chi connectivity index (χ2v) is 5.20. The average molecular weight is 424 g/mol. The molecule has 108 valence electrons. The number of alkyl halides is 3. The Balaban J connectivity index is 2.65. The first-order valence-electron chi connectivity index (χ1n) is 4.79. The van der Waals surface area contributed by atoms with Crippen molar-refractivity contribution in [3.05, 3.63) is 38.3 Å². The molecule has 1 aromatic heterocycles. The average Bonchev–Trinajstić information content (AvgIpc) is 2.73. The highest BCUT2D eigenvalue weighted by Gasteiger charge is 2.37. The van der Waals surface area contributed by atoms with Gasteiger partial charge < -0.3 is 4.98 Å². The van der Waals surface area contributed by atoms with Gasteiger partial charge in [-0.25, -0.2) is 18.2 Å². The van der Waals surface area contributed by atoms with E-state index in [4.69, 9.17) is 0 Å². The third-order valence-electron chi connectivity index (χ3n) is 2.30. The lowest BCUT2D eigenvalue weighted by atomic mass is 10.2. The first-order valence-corrected chi connectivity index (χ1v) is 6.37. The highest BCUT2D eigenvalue weighted by molar-refractivity contribution is 9.10. The number of aromatic nitrogens is 2. The minimum Gasteiger partial charge on any atom is -0.333 e. The van der Waals surface area contributed by atoms with Crippen LogP contribution < -0.4 is 0 Å². The van der Waals surface area contributed by atoms with E-state index in [-0.39, 0.29) is 0 Å². The largest absolute Gasteiger partial charge is 0.433 e. The molecule has 0 radical (unpaired) electrons. The molecule has 1 aromatic carbocycles. The van der Waals surface area contributed by atoms with Gasteiger partial charge in [0.25, 0.3) is 0 Å². The lowest BCUT2D eigenvalue weighted by Crippen LogP contribution is -2.06. The third-order valence-corrected chi connectivity index (χ3v) is 3.45.